The third-order valence-corrected chi connectivity index (χ3v) is 5.83. The molecule has 0 spiro atoms. The Morgan fingerprint density at radius 3 is 2.21 bits per heavy atom. The van der Waals surface area contributed by atoms with Crippen LogP contribution in [-0.4, -0.2) is 6.18 Å². The van der Waals surface area contributed by atoms with Crippen LogP contribution in [0.25, 0.3) is 22.2 Å². The number of nitrogens with zero attached hydrogens (tertiary/aromatic N) is 1. The largest absolute Gasteiger partial charge is 0.394 e. The van der Waals surface area contributed by atoms with Crippen LogP contribution in [0.15, 0.2) is 36.4 Å². The fourth-order valence-corrected chi connectivity index (χ4v) is 3.81. The molecule has 0 N–H and O–H groups in total. The van der Waals surface area contributed by atoms with E-state index >= 15 is 0 Å². The zero-order chi connectivity index (χ0) is 21.7. The molecule has 0 aliphatic heterocycles. The molecule has 1 heterocycles. The normalized spacial score (nSPS) is 12.6. The van der Waals surface area contributed by atoms with Crippen molar-refractivity contribution in [2.75, 3.05) is 0 Å². The van der Waals surface area contributed by atoms with Crippen LogP contribution in [0.2, 0.25) is 0 Å². The van der Waals surface area contributed by atoms with E-state index in [1.807, 2.05) is 38.5 Å². The summed E-state index contributed by atoms with van der Waals surface area (Å²) >= 11 is 0. The number of aromatic nitrogens is 1. The van der Waals surface area contributed by atoms with E-state index < -0.39 is 17.4 Å². The van der Waals surface area contributed by atoms with Crippen molar-refractivity contribution in [3.63, 3.8) is 0 Å². The molecule has 3 aromatic rings. The molecule has 0 fully saturated rings. The summed E-state index contributed by atoms with van der Waals surface area (Å²) in [7, 11) is 1.87. The van der Waals surface area contributed by atoms with Crippen LogP contribution in [0.3, 0.4) is 0 Å². The maximum atomic E-state index is 14.0. The van der Waals surface area contributed by atoms with Gasteiger partial charge in [0.05, 0.1) is 10.8 Å². The lowest BCUT2D eigenvalue weighted by Gasteiger charge is -2.28. The first-order valence-corrected chi connectivity index (χ1v) is 9.58. The molecular weight excluding hydrogens is 378 g/mol. The van der Waals surface area contributed by atoms with Crippen LogP contribution >= 0.6 is 0 Å². The molecule has 0 amide bonds. The van der Waals surface area contributed by atoms with Gasteiger partial charge in [0.25, 0.3) is 0 Å². The Kier molecular flexibility index (Phi) is 5.22. The first-order chi connectivity index (χ1) is 13.3. The molecule has 0 saturated heterocycles. The molecule has 29 heavy (non-hydrogen) atoms. The Morgan fingerprint density at radius 1 is 0.931 bits per heavy atom. The predicted molar refractivity (Wildman–Crippen MR) is 108 cm³/mol. The Balaban J connectivity index is 2.35. The first-order valence-electron chi connectivity index (χ1n) is 9.58. The Morgan fingerprint density at radius 2 is 1.59 bits per heavy atom. The zero-order valence-corrected chi connectivity index (χ0v) is 17.6. The van der Waals surface area contributed by atoms with Crippen molar-refractivity contribution >= 4 is 10.9 Å². The van der Waals surface area contributed by atoms with E-state index in [1.54, 1.807) is 12.1 Å². The number of alkyl halides is 3. The molecule has 0 unspecified atom stereocenters. The number of fused-ring (bicyclic) bond motifs is 1. The molecule has 5 heteroatoms. The topological polar surface area (TPSA) is 3.88 Å². The van der Waals surface area contributed by atoms with Gasteiger partial charge < -0.3 is 0 Å². The van der Waals surface area contributed by atoms with Gasteiger partial charge in [-0.3, -0.25) is 0 Å². The molecule has 0 aliphatic rings. The molecule has 154 valence electrons. The van der Waals surface area contributed by atoms with Gasteiger partial charge in [-0.1, -0.05) is 25.5 Å². The summed E-state index contributed by atoms with van der Waals surface area (Å²) in [5.74, 6) is -0.459. The van der Waals surface area contributed by atoms with Gasteiger partial charge in [-0.2, -0.15) is 17.7 Å². The van der Waals surface area contributed by atoms with Gasteiger partial charge in [-0.15, -0.1) is 0 Å². The highest BCUT2D eigenvalue weighted by Gasteiger charge is 2.47. The van der Waals surface area contributed by atoms with Gasteiger partial charge in [-0.05, 0) is 62.1 Å². The quantitative estimate of drug-likeness (QED) is 0.345. The molecule has 1 nitrogen and oxygen atoms in total. The van der Waals surface area contributed by atoms with E-state index in [9.17, 15) is 17.6 Å². The first kappa shape index (κ1) is 21.3. The lowest BCUT2D eigenvalue weighted by molar-refractivity contribution is -0.633. The average molecular weight is 404 g/mol. The van der Waals surface area contributed by atoms with E-state index in [-0.39, 0.29) is 6.42 Å². The van der Waals surface area contributed by atoms with Crippen molar-refractivity contribution in [2.24, 2.45) is 12.5 Å². The summed E-state index contributed by atoms with van der Waals surface area (Å²) in [5.41, 5.74) is 4.35. The second-order valence-electron chi connectivity index (χ2n) is 8.59. The standard InChI is InChI=1S/C24H26F4N/c1-14-9-15(2)16(3)19(10-14)22-11-17(13-23(4,5)24(26,27)28)20-12-18(25)7-8-21(20)29(22)6/h7-12H,13H2,1-6H3/q+1. The van der Waals surface area contributed by atoms with E-state index in [1.165, 1.54) is 26.0 Å². The third kappa shape index (κ3) is 3.87. The lowest BCUT2D eigenvalue weighted by atomic mass is 9.83. The lowest BCUT2D eigenvalue weighted by Crippen LogP contribution is -2.36. The van der Waals surface area contributed by atoms with Crippen LogP contribution in [0.4, 0.5) is 17.6 Å². The molecule has 0 atom stereocenters. The van der Waals surface area contributed by atoms with Crippen molar-refractivity contribution in [1.82, 2.24) is 0 Å². The van der Waals surface area contributed by atoms with Crippen molar-refractivity contribution in [3.8, 4) is 11.3 Å². The van der Waals surface area contributed by atoms with E-state index in [4.69, 9.17) is 0 Å². The number of benzene rings is 2. The minimum absolute atomic E-state index is 0.228. The zero-order valence-electron chi connectivity index (χ0n) is 17.6. The maximum absolute atomic E-state index is 14.0. The van der Waals surface area contributed by atoms with Crippen molar-refractivity contribution in [3.05, 3.63) is 64.5 Å². The van der Waals surface area contributed by atoms with Crippen LogP contribution in [0.5, 0.6) is 0 Å². The summed E-state index contributed by atoms with van der Waals surface area (Å²) in [4.78, 5) is 0. The molecule has 1 aromatic heterocycles. The number of aryl methyl sites for hydroxylation is 3. The molecule has 2 aromatic carbocycles. The monoisotopic (exact) mass is 404 g/mol. The number of rotatable bonds is 3. The SMILES string of the molecule is Cc1cc(C)c(C)c(-c2cc(CC(C)(C)C(F)(F)F)c3cc(F)ccc3[n+]2C)c1. The van der Waals surface area contributed by atoms with E-state index in [2.05, 4.69) is 6.07 Å². The second-order valence-corrected chi connectivity index (χ2v) is 8.59. The third-order valence-electron chi connectivity index (χ3n) is 5.83. The molecule has 0 radical (unpaired) electrons. The molecule has 0 aliphatic carbocycles. The van der Waals surface area contributed by atoms with Gasteiger partial charge in [0.2, 0.25) is 11.2 Å². The summed E-state index contributed by atoms with van der Waals surface area (Å²) in [5, 5.41) is 0.510. The molecular formula is C24H26F4N+. The maximum Gasteiger partial charge on any atom is 0.394 e. The van der Waals surface area contributed by atoms with Crippen LogP contribution in [-0.2, 0) is 13.5 Å². The van der Waals surface area contributed by atoms with Crippen molar-refractivity contribution in [2.45, 2.75) is 47.2 Å². The molecule has 3 rings (SSSR count). The predicted octanol–water partition coefficient (Wildman–Crippen LogP) is 6.53. The molecule has 0 bridgehead atoms. The summed E-state index contributed by atoms with van der Waals surface area (Å²) in [6.45, 7) is 8.41. The Labute approximate surface area is 169 Å². The summed E-state index contributed by atoms with van der Waals surface area (Å²) < 4.78 is 56.7. The minimum Gasteiger partial charge on any atom is -0.207 e. The average Bonchev–Trinajstić information content (AvgIpc) is 2.59. The highest BCUT2D eigenvalue weighted by molar-refractivity contribution is 5.82. The highest BCUT2D eigenvalue weighted by atomic mass is 19.4. The van der Waals surface area contributed by atoms with Gasteiger partial charge in [0, 0.05) is 17.7 Å². The van der Waals surface area contributed by atoms with Crippen molar-refractivity contribution < 1.29 is 22.1 Å². The number of hydrogen-bond acceptors (Lipinski definition) is 0. The van der Waals surface area contributed by atoms with Gasteiger partial charge in [-0.25, -0.2) is 4.39 Å². The van der Waals surface area contributed by atoms with E-state index in [0.717, 1.165) is 27.9 Å². The highest BCUT2D eigenvalue weighted by Crippen LogP contribution is 2.41. The van der Waals surface area contributed by atoms with Gasteiger partial charge in [0.15, 0.2) is 0 Å². The van der Waals surface area contributed by atoms with E-state index in [0.29, 0.717) is 16.5 Å². The summed E-state index contributed by atoms with van der Waals surface area (Å²) in [6.07, 6.45) is -4.59. The fraction of sp³-hybridized carbons (Fsp3) is 0.375. The second kappa shape index (κ2) is 7.12. The van der Waals surface area contributed by atoms with Crippen LogP contribution < -0.4 is 4.57 Å². The Bertz CT molecular complexity index is 1090. The summed E-state index contributed by atoms with van der Waals surface area (Å²) in [6, 6.07) is 10.2. The smallest absolute Gasteiger partial charge is 0.207 e. The fourth-order valence-electron chi connectivity index (χ4n) is 3.81. The van der Waals surface area contributed by atoms with Crippen LogP contribution in [0, 0.1) is 32.0 Å². The number of pyridine rings is 1. The number of halogens is 4. The number of hydrogen-bond donors (Lipinski definition) is 0. The van der Waals surface area contributed by atoms with Crippen molar-refractivity contribution in [1.29, 1.82) is 0 Å². The Hall–Kier alpha value is -2.43. The van der Waals surface area contributed by atoms with Gasteiger partial charge in [0.1, 0.15) is 12.9 Å². The van der Waals surface area contributed by atoms with Gasteiger partial charge >= 0.3 is 6.18 Å². The van der Waals surface area contributed by atoms with Crippen LogP contribution in [0.1, 0.15) is 36.1 Å². The molecule has 0 saturated carbocycles. The minimum atomic E-state index is -4.36.